The lowest BCUT2D eigenvalue weighted by Gasteiger charge is -2.51. The molecule has 5 N–H and O–H groups in total. The number of anilines is 2. The van der Waals surface area contributed by atoms with E-state index in [4.69, 9.17) is 14.2 Å². The van der Waals surface area contributed by atoms with Gasteiger partial charge in [-0.1, -0.05) is 30.3 Å². The zero-order valence-electron chi connectivity index (χ0n) is 37.9. The van der Waals surface area contributed by atoms with Crippen molar-refractivity contribution in [3.05, 3.63) is 65.7 Å². The number of benzene rings is 2. The van der Waals surface area contributed by atoms with Gasteiger partial charge in [0.05, 0.1) is 0 Å². The Morgan fingerprint density at radius 2 is 1.13 bits per heavy atom. The highest BCUT2D eigenvalue weighted by atomic mass is 16.6. The van der Waals surface area contributed by atoms with Crippen LogP contribution in [0.5, 0.6) is 0 Å². The number of carbonyl (C=O) groups is 5. The minimum atomic E-state index is -0.875. The monoisotopic (exact) mass is 856 g/mol. The van der Waals surface area contributed by atoms with E-state index in [1.807, 2.05) is 41.3 Å². The van der Waals surface area contributed by atoms with Crippen LogP contribution in [0.3, 0.4) is 0 Å². The molecule has 3 aliphatic carbocycles. The molecule has 5 amide bonds. The molecule has 336 valence electrons. The van der Waals surface area contributed by atoms with Gasteiger partial charge in [-0.15, -0.1) is 9.98 Å². The molecule has 1 heterocycles. The highest BCUT2D eigenvalue weighted by molar-refractivity contribution is 6.00. The summed E-state index contributed by atoms with van der Waals surface area (Å²) in [5, 5.41) is 14.7. The molecule has 0 saturated heterocycles. The first-order chi connectivity index (χ1) is 29.0. The van der Waals surface area contributed by atoms with Crippen LogP contribution in [0.25, 0.3) is 5.57 Å². The SMILES string of the molecule is CN/C(=N/C(=O)OC(C)(C)C)N1CC=C(c2ccc(NC(=O)C34CCC(C(=O)Nc5ccc(CN/C(=N/C(=O)OC(C)(C)C)NC(=O)OC(C)(C)C)cc5)(CC3)CC4)cc2)CC1. The molecule has 4 aliphatic rings. The largest absolute Gasteiger partial charge is 0.444 e. The van der Waals surface area contributed by atoms with Crippen molar-refractivity contribution >= 4 is 59.0 Å². The van der Waals surface area contributed by atoms with Crippen LogP contribution < -0.4 is 26.6 Å². The number of rotatable bonds is 7. The summed E-state index contributed by atoms with van der Waals surface area (Å²) >= 11 is 0. The summed E-state index contributed by atoms with van der Waals surface area (Å²) in [6, 6.07) is 15.2. The molecular formula is C46H64N8O8. The normalized spacial score (nSPS) is 20.6. The minimum Gasteiger partial charge on any atom is -0.444 e. The summed E-state index contributed by atoms with van der Waals surface area (Å²) in [6.45, 7) is 17.2. The fourth-order valence-electron chi connectivity index (χ4n) is 7.72. The molecule has 3 saturated carbocycles. The molecule has 0 radical (unpaired) electrons. The van der Waals surface area contributed by atoms with Crippen LogP contribution in [0.1, 0.15) is 118 Å². The second-order valence-corrected chi connectivity index (χ2v) is 19.3. The number of nitrogens with zero attached hydrogens (tertiary/aromatic N) is 3. The predicted molar refractivity (Wildman–Crippen MR) is 239 cm³/mol. The third kappa shape index (κ3) is 13.3. The molecule has 6 rings (SSSR count). The molecule has 2 bridgehead atoms. The first-order valence-corrected chi connectivity index (χ1v) is 21.3. The van der Waals surface area contributed by atoms with E-state index < -0.39 is 45.9 Å². The Kier molecular flexibility index (Phi) is 14.4. The van der Waals surface area contributed by atoms with E-state index in [9.17, 15) is 24.0 Å². The Morgan fingerprint density at radius 3 is 1.56 bits per heavy atom. The molecule has 0 atom stereocenters. The van der Waals surface area contributed by atoms with Crippen LogP contribution in [0.2, 0.25) is 0 Å². The number of alkyl carbamates (subject to hydrolysis) is 1. The maximum absolute atomic E-state index is 13.8. The van der Waals surface area contributed by atoms with Crippen molar-refractivity contribution in [2.75, 3.05) is 30.8 Å². The molecule has 1 aliphatic heterocycles. The van der Waals surface area contributed by atoms with Crippen LogP contribution in [-0.4, -0.2) is 83.9 Å². The van der Waals surface area contributed by atoms with Crippen molar-refractivity contribution in [3.63, 3.8) is 0 Å². The zero-order chi connectivity index (χ0) is 45.5. The molecule has 2 aromatic carbocycles. The molecule has 16 nitrogen and oxygen atoms in total. The predicted octanol–water partition coefficient (Wildman–Crippen LogP) is 8.11. The van der Waals surface area contributed by atoms with E-state index >= 15 is 0 Å². The number of guanidine groups is 2. The van der Waals surface area contributed by atoms with Gasteiger partial charge in [-0.25, -0.2) is 14.4 Å². The molecule has 0 aromatic heterocycles. The van der Waals surface area contributed by atoms with Gasteiger partial charge in [-0.3, -0.25) is 14.9 Å². The molecule has 0 spiro atoms. The Hall–Kier alpha value is -5.93. The van der Waals surface area contributed by atoms with Crippen LogP contribution in [0, 0.1) is 10.8 Å². The van der Waals surface area contributed by atoms with E-state index in [1.54, 1.807) is 81.5 Å². The Bertz CT molecular complexity index is 2050. The van der Waals surface area contributed by atoms with Gasteiger partial charge in [0, 0.05) is 48.9 Å². The van der Waals surface area contributed by atoms with Crippen molar-refractivity contribution in [1.82, 2.24) is 20.9 Å². The van der Waals surface area contributed by atoms with Crippen LogP contribution in [-0.2, 0) is 30.3 Å². The topological polar surface area (TPSA) is 201 Å². The fourth-order valence-corrected chi connectivity index (χ4v) is 7.72. The highest BCUT2D eigenvalue weighted by Gasteiger charge is 2.55. The summed E-state index contributed by atoms with van der Waals surface area (Å²) in [6.07, 6.45) is 4.37. The molecule has 2 aromatic rings. The van der Waals surface area contributed by atoms with Gasteiger partial charge >= 0.3 is 18.3 Å². The number of hydrogen-bond acceptors (Lipinski definition) is 8. The number of ether oxygens (including phenoxy) is 3. The van der Waals surface area contributed by atoms with E-state index in [0.29, 0.717) is 63.3 Å². The second kappa shape index (κ2) is 19.0. The summed E-state index contributed by atoms with van der Waals surface area (Å²) < 4.78 is 15.9. The van der Waals surface area contributed by atoms with E-state index in [1.165, 1.54) is 5.57 Å². The molecule has 62 heavy (non-hydrogen) atoms. The van der Waals surface area contributed by atoms with Gasteiger partial charge in [0.25, 0.3) is 0 Å². The van der Waals surface area contributed by atoms with Crippen molar-refractivity contribution in [2.45, 2.75) is 131 Å². The zero-order valence-corrected chi connectivity index (χ0v) is 37.9. The standard InChI is InChI=1S/C46H64N8O8/c1-42(2,3)60-39(57)51-37(52-40(58)61-43(4,5)6)48-29-30-11-15-33(16-12-30)49-35(55)45-21-24-46(25-22-45,26-23-45)36(56)50-34-17-13-31(14-18-34)32-19-27-54(28-20-32)38(47-10)53-41(59)62-44(7,8)9/h11-19H,20-29H2,1-10H3,(H,49,55)(H,50,56)(H,47,53,59)(H2,48,51,52,57,58). The van der Waals surface area contributed by atoms with Gasteiger partial charge < -0.3 is 40.4 Å². The Balaban J connectivity index is 1.11. The number of amides is 5. The third-order valence-electron chi connectivity index (χ3n) is 10.9. The van der Waals surface area contributed by atoms with Gasteiger partial charge in [-0.05, 0) is 148 Å². The Labute approximate surface area is 365 Å². The van der Waals surface area contributed by atoms with Crippen molar-refractivity contribution in [1.29, 1.82) is 0 Å². The molecule has 0 unspecified atom stereocenters. The summed E-state index contributed by atoms with van der Waals surface area (Å²) in [7, 11) is 1.73. The van der Waals surface area contributed by atoms with Gasteiger partial charge in [0.1, 0.15) is 16.8 Å². The number of carbonyl (C=O) groups excluding carboxylic acids is 5. The molecular weight excluding hydrogens is 793 g/mol. The minimum absolute atomic E-state index is 0.000130. The smallest absolute Gasteiger partial charge is 0.437 e. The van der Waals surface area contributed by atoms with Crippen molar-refractivity contribution < 1.29 is 38.2 Å². The second-order valence-electron chi connectivity index (χ2n) is 19.3. The Morgan fingerprint density at radius 1 is 0.661 bits per heavy atom. The van der Waals surface area contributed by atoms with E-state index in [2.05, 4.69) is 42.6 Å². The fraction of sp³-hybridized carbons (Fsp3) is 0.543. The van der Waals surface area contributed by atoms with Crippen LogP contribution in [0.15, 0.2) is 64.6 Å². The number of nitrogens with one attached hydrogen (secondary N) is 5. The van der Waals surface area contributed by atoms with E-state index in [0.717, 1.165) is 23.2 Å². The lowest BCUT2D eigenvalue weighted by atomic mass is 9.53. The summed E-state index contributed by atoms with van der Waals surface area (Å²) in [5.74, 6) is 0.293. The number of hydrogen-bond donors (Lipinski definition) is 5. The first kappa shape index (κ1) is 47.1. The first-order valence-electron chi connectivity index (χ1n) is 21.3. The van der Waals surface area contributed by atoms with Crippen LogP contribution in [0.4, 0.5) is 25.8 Å². The summed E-state index contributed by atoms with van der Waals surface area (Å²) in [4.78, 5) is 74.7. The third-order valence-corrected chi connectivity index (χ3v) is 10.9. The number of aliphatic imine (C=N–C) groups is 2. The van der Waals surface area contributed by atoms with Gasteiger partial charge in [0.2, 0.25) is 23.7 Å². The van der Waals surface area contributed by atoms with Gasteiger partial charge in [0.15, 0.2) is 0 Å². The lowest BCUT2D eigenvalue weighted by molar-refractivity contribution is -0.144. The highest BCUT2D eigenvalue weighted by Crippen LogP contribution is 2.57. The maximum atomic E-state index is 13.8. The molecule has 3 fully saturated rings. The van der Waals surface area contributed by atoms with Crippen LogP contribution >= 0.6 is 0 Å². The lowest BCUT2D eigenvalue weighted by Crippen LogP contribution is -2.52. The van der Waals surface area contributed by atoms with Crippen molar-refractivity contribution in [3.8, 4) is 0 Å². The van der Waals surface area contributed by atoms with Gasteiger partial charge in [-0.2, -0.15) is 0 Å². The van der Waals surface area contributed by atoms with E-state index in [-0.39, 0.29) is 24.3 Å². The maximum Gasteiger partial charge on any atom is 0.437 e. The summed E-state index contributed by atoms with van der Waals surface area (Å²) in [5.41, 5.74) is 1.21. The average Bonchev–Trinajstić information content (AvgIpc) is 3.18. The van der Waals surface area contributed by atoms with Crippen molar-refractivity contribution in [2.24, 2.45) is 20.8 Å². The quantitative estimate of drug-likeness (QED) is 0.102. The molecule has 16 heteroatoms. The average molecular weight is 857 g/mol. The number of fused-ring (bicyclic) bond motifs is 3.